The molecule has 0 fully saturated rings. The standard InChI is InChI=1S/C34H32N4O5S/c1-22(32(39)35-26-14-17-30-31(20-26)43-21-42-30)44-28-11-7-10-25(19-28)36-34(41)29(37-33(40)24-8-5-4-6-9-24)18-23-12-15-27(16-13-23)38(2)3/h4-20,22H,21H2,1-3H3,(H,35,39)(H,36,41)(H,37,40)/b29-18+. The highest BCUT2D eigenvalue weighted by atomic mass is 32.2. The van der Waals surface area contributed by atoms with Crippen LogP contribution in [0.15, 0.2) is 108 Å². The predicted octanol–water partition coefficient (Wildman–Crippen LogP) is 6.01. The molecule has 5 rings (SSSR count). The van der Waals surface area contributed by atoms with Crippen molar-refractivity contribution in [2.45, 2.75) is 17.1 Å². The van der Waals surface area contributed by atoms with Crippen molar-refractivity contribution in [3.63, 3.8) is 0 Å². The van der Waals surface area contributed by atoms with E-state index in [1.165, 1.54) is 11.8 Å². The summed E-state index contributed by atoms with van der Waals surface area (Å²) in [6, 6.07) is 28.8. The van der Waals surface area contributed by atoms with Gasteiger partial charge in [0.15, 0.2) is 11.5 Å². The maximum Gasteiger partial charge on any atom is 0.272 e. The Morgan fingerprint density at radius 3 is 2.30 bits per heavy atom. The molecule has 0 aromatic heterocycles. The molecule has 0 saturated carbocycles. The molecule has 4 aromatic carbocycles. The van der Waals surface area contributed by atoms with Crippen LogP contribution in [-0.2, 0) is 9.59 Å². The molecule has 1 aliphatic rings. The molecule has 44 heavy (non-hydrogen) atoms. The lowest BCUT2D eigenvalue weighted by atomic mass is 10.1. The van der Waals surface area contributed by atoms with Gasteiger partial charge in [0.1, 0.15) is 5.70 Å². The number of amides is 3. The number of fused-ring (bicyclic) bond motifs is 1. The summed E-state index contributed by atoms with van der Waals surface area (Å²) in [4.78, 5) is 42.1. The third-order valence-corrected chi connectivity index (χ3v) is 7.76. The number of nitrogens with zero attached hydrogens (tertiary/aromatic N) is 1. The quantitative estimate of drug-likeness (QED) is 0.149. The number of nitrogens with one attached hydrogen (secondary N) is 3. The average Bonchev–Trinajstić information content (AvgIpc) is 3.49. The first-order chi connectivity index (χ1) is 21.2. The van der Waals surface area contributed by atoms with Gasteiger partial charge < -0.3 is 30.3 Å². The smallest absolute Gasteiger partial charge is 0.272 e. The van der Waals surface area contributed by atoms with Gasteiger partial charge in [-0.2, -0.15) is 0 Å². The predicted molar refractivity (Wildman–Crippen MR) is 174 cm³/mol. The van der Waals surface area contributed by atoms with Crippen LogP contribution in [0.1, 0.15) is 22.8 Å². The number of rotatable bonds is 10. The van der Waals surface area contributed by atoms with Crippen LogP contribution in [0.3, 0.4) is 0 Å². The fourth-order valence-electron chi connectivity index (χ4n) is 4.30. The second-order valence-electron chi connectivity index (χ2n) is 10.2. The van der Waals surface area contributed by atoms with Gasteiger partial charge in [0.05, 0.1) is 5.25 Å². The zero-order valence-electron chi connectivity index (χ0n) is 24.5. The van der Waals surface area contributed by atoms with Crippen molar-refractivity contribution in [3.05, 3.63) is 114 Å². The first-order valence-corrected chi connectivity index (χ1v) is 14.8. The van der Waals surface area contributed by atoms with E-state index in [9.17, 15) is 14.4 Å². The van der Waals surface area contributed by atoms with E-state index >= 15 is 0 Å². The molecule has 4 aromatic rings. The fraction of sp³-hybridized carbons (Fsp3) is 0.147. The molecule has 0 spiro atoms. The van der Waals surface area contributed by atoms with Crippen molar-refractivity contribution >= 4 is 52.6 Å². The van der Waals surface area contributed by atoms with Gasteiger partial charge >= 0.3 is 0 Å². The minimum absolute atomic E-state index is 0.0889. The Bertz CT molecular complexity index is 1690. The van der Waals surface area contributed by atoms with Crippen LogP contribution in [0.5, 0.6) is 11.5 Å². The summed E-state index contributed by atoms with van der Waals surface area (Å²) in [7, 11) is 3.89. The van der Waals surface area contributed by atoms with Crippen molar-refractivity contribution in [1.82, 2.24) is 5.32 Å². The molecule has 1 unspecified atom stereocenters. The first-order valence-electron chi connectivity index (χ1n) is 13.9. The van der Waals surface area contributed by atoms with Gasteiger partial charge in [0, 0.05) is 47.7 Å². The molecule has 224 valence electrons. The second-order valence-corrected chi connectivity index (χ2v) is 11.6. The van der Waals surface area contributed by atoms with E-state index in [4.69, 9.17) is 9.47 Å². The zero-order chi connectivity index (χ0) is 31.1. The van der Waals surface area contributed by atoms with Gasteiger partial charge in [-0.25, -0.2) is 0 Å². The van der Waals surface area contributed by atoms with Crippen molar-refractivity contribution in [1.29, 1.82) is 0 Å². The van der Waals surface area contributed by atoms with Crippen LogP contribution in [0.2, 0.25) is 0 Å². The number of benzene rings is 4. The molecule has 0 saturated heterocycles. The Morgan fingerprint density at radius 1 is 0.818 bits per heavy atom. The van der Waals surface area contributed by atoms with Crippen LogP contribution in [0.25, 0.3) is 6.08 Å². The van der Waals surface area contributed by atoms with Gasteiger partial charge in [-0.3, -0.25) is 14.4 Å². The van der Waals surface area contributed by atoms with Crippen LogP contribution < -0.4 is 30.3 Å². The highest BCUT2D eigenvalue weighted by Crippen LogP contribution is 2.34. The second kappa shape index (κ2) is 13.8. The van der Waals surface area contributed by atoms with E-state index in [1.54, 1.807) is 73.7 Å². The Balaban J connectivity index is 1.28. The fourth-order valence-corrected chi connectivity index (χ4v) is 5.23. The van der Waals surface area contributed by atoms with Gasteiger partial charge in [-0.1, -0.05) is 36.4 Å². The van der Waals surface area contributed by atoms with E-state index in [0.29, 0.717) is 28.4 Å². The summed E-state index contributed by atoms with van der Waals surface area (Å²) in [5, 5.41) is 8.12. The highest BCUT2D eigenvalue weighted by molar-refractivity contribution is 8.00. The molecule has 1 atom stereocenters. The summed E-state index contributed by atoms with van der Waals surface area (Å²) >= 11 is 1.35. The molecule has 0 aliphatic carbocycles. The third kappa shape index (κ3) is 7.78. The SMILES string of the molecule is CC(Sc1cccc(NC(=O)/C(=C\c2ccc(N(C)C)cc2)NC(=O)c2ccccc2)c1)C(=O)Nc1ccc2c(c1)OCO2. The van der Waals surface area contributed by atoms with E-state index in [2.05, 4.69) is 16.0 Å². The van der Waals surface area contributed by atoms with Crippen LogP contribution in [-0.4, -0.2) is 43.9 Å². The monoisotopic (exact) mass is 608 g/mol. The lowest BCUT2D eigenvalue weighted by Crippen LogP contribution is -2.30. The topological polar surface area (TPSA) is 109 Å². The molecule has 0 bridgehead atoms. The number of anilines is 3. The summed E-state index contributed by atoms with van der Waals surface area (Å²) in [6.45, 7) is 1.96. The van der Waals surface area contributed by atoms with Crippen LogP contribution >= 0.6 is 11.8 Å². The molecule has 0 radical (unpaired) electrons. The molecular weight excluding hydrogens is 576 g/mol. The molecule has 1 heterocycles. The molecule has 3 amide bonds. The lowest BCUT2D eigenvalue weighted by Gasteiger charge is -2.15. The maximum absolute atomic E-state index is 13.5. The van der Waals surface area contributed by atoms with Crippen molar-refractivity contribution in [3.8, 4) is 11.5 Å². The van der Waals surface area contributed by atoms with Crippen LogP contribution in [0.4, 0.5) is 17.1 Å². The van der Waals surface area contributed by atoms with Crippen molar-refractivity contribution in [2.24, 2.45) is 0 Å². The number of carbonyl (C=O) groups excluding carboxylic acids is 3. The number of hydrogen-bond acceptors (Lipinski definition) is 7. The minimum Gasteiger partial charge on any atom is -0.454 e. The Hall–Kier alpha value is -5.22. The number of ether oxygens (including phenoxy) is 2. The van der Waals surface area contributed by atoms with Gasteiger partial charge in [-0.15, -0.1) is 11.8 Å². The van der Waals surface area contributed by atoms with E-state index in [-0.39, 0.29) is 18.4 Å². The van der Waals surface area contributed by atoms with Gasteiger partial charge in [-0.05, 0) is 73.2 Å². The van der Waals surface area contributed by atoms with E-state index in [0.717, 1.165) is 16.1 Å². The Kier molecular flexibility index (Phi) is 9.51. The molecule has 10 heteroatoms. The number of thioether (sulfide) groups is 1. The molecule has 9 nitrogen and oxygen atoms in total. The minimum atomic E-state index is -0.485. The summed E-state index contributed by atoms with van der Waals surface area (Å²) in [6.07, 6.45) is 1.64. The maximum atomic E-state index is 13.5. The summed E-state index contributed by atoms with van der Waals surface area (Å²) in [5.41, 5.74) is 3.41. The summed E-state index contributed by atoms with van der Waals surface area (Å²) < 4.78 is 10.7. The lowest BCUT2D eigenvalue weighted by molar-refractivity contribution is -0.115. The van der Waals surface area contributed by atoms with E-state index < -0.39 is 17.1 Å². The van der Waals surface area contributed by atoms with Gasteiger partial charge in [0.25, 0.3) is 11.8 Å². The van der Waals surface area contributed by atoms with Crippen LogP contribution in [0, 0.1) is 0 Å². The largest absolute Gasteiger partial charge is 0.454 e. The average molecular weight is 609 g/mol. The van der Waals surface area contributed by atoms with Crippen molar-refractivity contribution in [2.75, 3.05) is 36.4 Å². The van der Waals surface area contributed by atoms with Gasteiger partial charge in [0.2, 0.25) is 12.7 Å². The highest BCUT2D eigenvalue weighted by Gasteiger charge is 2.19. The first kappa shape index (κ1) is 30.2. The zero-order valence-corrected chi connectivity index (χ0v) is 25.3. The van der Waals surface area contributed by atoms with Crippen molar-refractivity contribution < 1.29 is 23.9 Å². The van der Waals surface area contributed by atoms with E-state index in [1.807, 2.05) is 55.4 Å². The Labute approximate surface area is 260 Å². The third-order valence-electron chi connectivity index (χ3n) is 6.66. The molecular formula is C34H32N4O5S. The molecule has 1 aliphatic heterocycles. The molecule has 3 N–H and O–H groups in total. The number of carbonyl (C=O) groups is 3. The normalized spacial score (nSPS) is 12.7. The summed E-state index contributed by atoms with van der Waals surface area (Å²) in [5.74, 6) is 0.164. The number of hydrogen-bond donors (Lipinski definition) is 3. The Morgan fingerprint density at radius 2 is 1.55 bits per heavy atom.